The molecule has 0 aliphatic rings. The molecule has 2 aromatic heterocycles. The van der Waals surface area contributed by atoms with Gasteiger partial charge in [-0.1, -0.05) is 39.0 Å². The van der Waals surface area contributed by atoms with Gasteiger partial charge in [-0.05, 0) is 42.5 Å². The van der Waals surface area contributed by atoms with Gasteiger partial charge in [-0.15, -0.1) is 0 Å². The van der Waals surface area contributed by atoms with Crippen molar-refractivity contribution in [3.63, 3.8) is 0 Å². The minimum absolute atomic E-state index is 0.191. The van der Waals surface area contributed by atoms with Crippen molar-refractivity contribution in [1.82, 2.24) is 14.5 Å². The molecular weight excluding hydrogens is 294 g/mol. The van der Waals surface area contributed by atoms with Crippen LogP contribution in [0.25, 0.3) is 22.6 Å². The van der Waals surface area contributed by atoms with Gasteiger partial charge in [0.1, 0.15) is 5.82 Å². The van der Waals surface area contributed by atoms with Gasteiger partial charge < -0.3 is 4.57 Å². The van der Waals surface area contributed by atoms with Crippen LogP contribution >= 0.6 is 0 Å². The van der Waals surface area contributed by atoms with Crippen LogP contribution in [0.4, 0.5) is 0 Å². The predicted octanol–water partition coefficient (Wildman–Crippen LogP) is 5.28. The fourth-order valence-corrected chi connectivity index (χ4v) is 3.16. The zero-order valence-corrected chi connectivity index (χ0v) is 15.2. The third kappa shape index (κ3) is 3.25. The highest BCUT2D eigenvalue weighted by molar-refractivity contribution is 5.81. The van der Waals surface area contributed by atoms with E-state index in [1.807, 2.05) is 18.5 Å². The largest absolute Gasteiger partial charge is 0.330 e. The highest BCUT2D eigenvalue weighted by Gasteiger charge is 2.19. The van der Waals surface area contributed by atoms with Crippen LogP contribution in [-0.2, 0) is 6.54 Å². The summed E-state index contributed by atoms with van der Waals surface area (Å²) in [5.41, 5.74) is 5.97. The normalized spacial score (nSPS) is 11.7. The highest BCUT2D eigenvalue weighted by atomic mass is 15.1. The summed E-state index contributed by atoms with van der Waals surface area (Å²) in [4.78, 5) is 9.35. The molecule has 0 aliphatic carbocycles. The Morgan fingerprint density at radius 1 is 0.917 bits per heavy atom. The smallest absolute Gasteiger partial charge is 0.142 e. The maximum Gasteiger partial charge on any atom is 0.142 e. The molecule has 0 radical (unpaired) electrons. The van der Waals surface area contributed by atoms with Gasteiger partial charge in [0.2, 0.25) is 0 Å². The number of aromatic nitrogens is 3. The Hall–Kier alpha value is -2.42. The molecule has 3 heteroatoms. The molecule has 0 saturated carbocycles. The molecule has 3 nitrogen and oxygen atoms in total. The van der Waals surface area contributed by atoms with Crippen LogP contribution in [0.2, 0.25) is 0 Å². The Bertz CT molecular complexity index is 833. The monoisotopic (exact) mass is 319 g/mol. The lowest BCUT2D eigenvalue weighted by Crippen LogP contribution is -2.16. The van der Waals surface area contributed by atoms with Crippen LogP contribution in [0, 0.1) is 19.3 Å². The second kappa shape index (κ2) is 6.23. The van der Waals surface area contributed by atoms with E-state index in [0.29, 0.717) is 0 Å². The molecule has 0 spiro atoms. The molecule has 124 valence electrons. The van der Waals surface area contributed by atoms with Crippen molar-refractivity contribution >= 4 is 0 Å². The average Bonchev–Trinajstić information content (AvgIpc) is 2.93. The van der Waals surface area contributed by atoms with E-state index in [4.69, 9.17) is 4.98 Å². The summed E-state index contributed by atoms with van der Waals surface area (Å²) < 4.78 is 2.23. The van der Waals surface area contributed by atoms with E-state index in [1.165, 1.54) is 16.7 Å². The van der Waals surface area contributed by atoms with E-state index < -0.39 is 0 Å². The first-order valence-corrected chi connectivity index (χ1v) is 8.40. The first-order valence-electron chi connectivity index (χ1n) is 8.40. The van der Waals surface area contributed by atoms with Crippen LogP contribution < -0.4 is 0 Å². The van der Waals surface area contributed by atoms with E-state index in [2.05, 4.69) is 74.6 Å². The molecule has 3 rings (SSSR count). The molecule has 3 aromatic rings. The number of hydrogen-bond acceptors (Lipinski definition) is 2. The highest BCUT2D eigenvalue weighted by Crippen LogP contribution is 2.34. The summed E-state index contributed by atoms with van der Waals surface area (Å²) in [6.07, 6.45) is 5.80. The van der Waals surface area contributed by atoms with Gasteiger partial charge in [0.05, 0.1) is 5.69 Å². The zero-order valence-electron chi connectivity index (χ0n) is 15.2. The Labute approximate surface area is 144 Å². The molecule has 1 aromatic carbocycles. The van der Waals surface area contributed by atoms with Crippen molar-refractivity contribution in [2.45, 2.75) is 41.2 Å². The fourth-order valence-electron chi connectivity index (χ4n) is 3.16. The van der Waals surface area contributed by atoms with E-state index in [1.54, 1.807) is 0 Å². The van der Waals surface area contributed by atoms with Gasteiger partial charge in [0.15, 0.2) is 0 Å². The van der Waals surface area contributed by atoms with Gasteiger partial charge >= 0.3 is 0 Å². The lowest BCUT2D eigenvalue weighted by molar-refractivity contribution is 0.345. The van der Waals surface area contributed by atoms with Gasteiger partial charge in [-0.3, -0.25) is 4.98 Å². The summed E-state index contributed by atoms with van der Waals surface area (Å²) >= 11 is 0. The first kappa shape index (κ1) is 16.4. The molecule has 0 saturated heterocycles. The molecule has 0 fully saturated rings. The molecule has 0 atom stereocenters. The third-order valence-corrected chi connectivity index (χ3v) is 4.13. The fraction of sp³-hybridized carbons (Fsp3) is 0.333. The minimum Gasteiger partial charge on any atom is -0.330 e. The Kier molecular flexibility index (Phi) is 4.27. The van der Waals surface area contributed by atoms with Crippen molar-refractivity contribution < 1.29 is 0 Å². The van der Waals surface area contributed by atoms with Crippen molar-refractivity contribution in [1.29, 1.82) is 0 Å². The number of hydrogen-bond donors (Lipinski definition) is 0. The van der Waals surface area contributed by atoms with Crippen LogP contribution in [-0.4, -0.2) is 14.5 Å². The van der Waals surface area contributed by atoms with Crippen molar-refractivity contribution in [3.05, 3.63) is 60.0 Å². The Balaban J connectivity index is 2.17. The van der Waals surface area contributed by atoms with Gasteiger partial charge in [0, 0.05) is 36.3 Å². The molecule has 24 heavy (non-hydrogen) atoms. The predicted molar refractivity (Wildman–Crippen MR) is 99.8 cm³/mol. The third-order valence-electron chi connectivity index (χ3n) is 4.13. The SMILES string of the molecule is Cc1cccc(C)c1-c1ncccc1-c1nccn1CC(C)(C)C. The number of imidazole rings is 1. The van der Waals surface area contributed by atoms with E-state index in [9.17, 15) is 0 Å². The summed E-state index contributed by atoms with van der Waals surface area (Å²) in [5.74, 6) is 0.982. The lowest BCUT2D eigenvalue weighted by atomic mass is 9.95. The zero-order chi connectivity index (χ0) is 17.3. The first-order chi connectivity index (χ1) is 11.4. The Morgan fingerprint density at radius 3 is 2.29 bits per heavy atom. The van der Waals surface area contributed by atoms with Gasteiger partial charge in [0.25, 0.3) is 0 Å². The molecule has 2 heterocycles. The summed E-state index contributed by atoms with van der Waals surface area (Å²) in [7, 11) is 0. The maximum atomic E-state index is 4.71. The number of benzene rings is 1. The van der Waals surface area contributed by atoms with Crippen molar-refractivity contribution in [2.75, 3.05) is 0 Å². The molecule has 0 bridgehead atoms. The molecular formula is C21H25N3. The summed E-state index contributed by atoms with van der Waals surface area (Å²) in [6, 6.07) is 10.5. The lowest BCUT2D eigenvalue weighted by Gasteiger charge is -2.21. The van der Waals surface area contributed by atoms with Crippen LogP contribution in [0.15, 0.2) is 48.9 Å². The van der Waals surface area contributed by atoms with Gasteiger partial charge in [-0.2, -0.15) is 0 Å². The number of aryl methyl sites for hydroxylation is 2. The maximum absolute atomic E-state index is 4.71. The van der Waals surface area contributed by atoms with E-state index in [-0.39, 0.29) is 5.41 Å². The molecule has 0 N–H and O–H groups in total. The minimum atomic E-state index is 0.191. The average molecular weight is 319 g/mol. The van der Waals surface area contributed by atoms with Crippen LogP contribution in [0.5, 0.6) is 0 Å². The quantitative estimate of drug-likeness (QED) is 0.658. The summed E-state index contributed by atoms with van der Waals surface area (Å²) in [5, 5.41) is 0. The van der Waals surface area contributed by atoms with E-state index in [0.717, 1.165) is 23.6 Å². The number of nitrogens with zero attached hydrogens (tertiary/aromatic N) is 3. The van der Waals surface area contributed by atoms with Crippen LogP contribution in [0.3, 0.4) is 0 Å². The Morgan fingerprint density at radius 2 is 1.62 bits per heavy atom. The molecule has 0 amide bonds. The molecule has 0 unspecified atom stereocenters. The molecule has 0 aliphatic heterocycles. The topological polar surface area (TPSA) is 30.7 Å². The number of rotatable bonds is 3. The standard InChI is InChI=1S/C21H25N3/c1-15-8-6-9-16(2)18(15)19-17(10-7-11-22-19)20-23-12-13-24(20)14-21(3,4)5/h6-13H,14H2,1-5H3. The second-order valence-electron chi connectivity index (χ2n) is 7.61. The van der Waals surface area contributed by atoms with Crippen molar-refractivity contribution in [3.8, 4) is 22.6 Å². The van der Waals surface area contributed by atoms with Gasteiger partial charge in [-0.25, -0.2) is 4.98 Å². The number of pyridine rings is 1. The van der Waals surface area contributed by atoms with E-state index >= 15 is 0 Å². The second-order valence-corrected chi connectivity index (χ2v) is 7.61. The van der Waals surface area contributed by atoms with Crippen LogP contribution in [0.1, 0.15) is 31.9 Å². The summed E-state index contributed by atoms with van der Waals surface area (Å²) in [6.45, 7) is 11.9. The van der Waals surface area contributed by atoms with Crippen molar-refractivity contribution in [2.24, 2.45) is 5.41 Å².